The zero-order chi connectivity index (χ0) is 16.9. The number of nitrogens with zero attached hydrogens (tertiary/aromatic N) is 1. The molecule has 0 aliphatic rings. The molecule has 0 saturated carbocycles. The van der Waals surface area contributed by atoms with E-state index in [-0.39, 0.29) is 12.3 Å². The van der Waals surface area contributed by atoms with E-state index in [2.05, 4.69) is 17.1 Å². The number of amides is 1. The molecule has 23 heavy (non-hydrogen) atoms. The minimum Gasteiger partial charge on any atom is -0.489 e. The molecule has 0 radical (unpaired) electrons. The minimum absolute atomic E-state index is 0.140. The van der Waals surface area contributed by atoms with Gasteiger partial charge in [-0.3, -0.25) is 9.59 Å². The summed E-state index contributed by atoms with van der Waals surface area (Å²) in [6.07, 6.45) is 5.59. The minimum atomic E-state index is -0.809. The Kier molecular flexibility index (Phi) is 8.81. The van der Waals surface area contributed by atoms with E-state index in [0.29, 0.717) is 38.0 Å². The van der Waals surface area contributed by atoms with Crippen molar-refractivity contribution in [3.8, 4) is 5.75 Å². The maximum Gasteiger partial charge on any atom is 0.303 e. The molecule has 1 amide bonds. The molecule has 0 saturated heterocycles. The number of benzene rings is 1. The third kappa shape index (κ3) is 8.40. The number of carbonyl (C=O) groups is 2. The molecule has 0 heterocycles. The van der Waals surface area contributed by atoms with Crippen molar-refractivity contribution in [2.45, 2.75) is 32.1 Å². The van der Waals surface area contributed by atoms with Crippen LogP contribution in [0, 0.1) is 0 Å². The Morgan fingerprint density at radius 2 is 1.96 bits per heavy atom. The number of nitrogens with one attached hydrogen (secondary N) is 1. The lowest BCUT2D eigenvalue weighted by Crippen LogP contribution is -2.17. The van der Waals surface area contributed by atoms with E-state index in [1.165, 1.54) is 6.21 Å². The molecule has 0 bridgehead atoms. The Morgan fingerprint density at radius 3 is 2.70 bits per heavy atom. The summed E-state index contributed by atoms with van der Waals surface area (Å²) in [6, 6.07) is 7.35. The zero-order valence-electron chi connectivity index (χ0n) is 13.0. The van der Waals surface area contributed by atoms with Gasteiger partial charge in [0.2, 0.25) is 5.91 Å². The highest BCUT2D eigenvalue weighted by atomic mass is 16.5. The van der Waals surface area contributed by atoms with Gasteiger partial charge >= 0.3 is 5.97 Å². The smallest absolute Gasteiger partial charge is 0.303 e. The number of ether oxygens (including phenoxy) is 1. The quantitative estimate of drug-likeness (QED) is 0.284. The molecule has 6 heteroatoms. The SMILES string of the molecule is C=CCOc1ccccc1/C=N/NC(=O)CCCCCC(=O)O. The molecular weight excluding hydrogens is 296 g/mol. The normalized spacial score (nSPS) is 10.4. The fourth-order valence-electron chi connectivity index (χ4n) is 1.84. The number of carbonyl (C=O) groups excluding carboxylic acids is 1. The summed E-state index contributed by atoms with van der Waals surface area (Å²) in [5.41, 5.74) is 3.21. The van der Waals surface area contributed by atoms with Crippen molar-refractivity contribution in [2.24, 2.45) is 5.10 Å². The van der Waals surface area contributed by atoms with E-state index >= 15 is 0 Å². The highest BCUT2D eigenvalue weighted by Crippen LogP contribution is 2.15. The monoisotopic (exact) mass is 318 g/mol. The van der Waals surface area contributed by atoms with Gasteiger partial charge in [0.05, 0.1) is 6.21 Å². The van der Waals surface area contributed by atoms with Gasteiger partial charge in [0.25, 0.3) is 0 Å². The van der Waals surface area contributed by atoms with Gasteiger partial charge in [-0.2, -0.15) is 5.10 Å². The van der Waals surface area contributed by atoms with E-state index in [4.69, 9.17) is 9.84 Å². The summed E-state index contributed by atoms with van der Waals surface area (Å²) >= 11 is 0. The van der Waals surface area contributed by atoms with Crippen LogP contribution in [-0.2, 0) is 9.59 Å². The molecule has 1 aromatic carbocycles. The fourth-order valence-corrected chi connectivity index (χ4v) is 1.84. The largest absolute Gasteiger partial charge is 0.489 e. The number of hydrazone groups is 1. The summed E-state index contributed by atoms with van der Waals surface area (Å²) in [6.45, 7) is 3.99. The van der Waals surface area contributed by atoms with Crippen LogP contribution < -0.4 is 10.2 Å². The van der Waals surface area contributed by atoms with Gasteiger partial charge in [0.15, 0.2) is 0 Å². The summed E-state index contributed by atoms with van der Waals surface area (Å²) in [5.74, 6) is -0.337. The van der Waals surface area contributed by atoms with Crippen molar-refractivity contribution in [1.29, 1.82) is 0 Å². The number of unbranched alkanes of at least 4 members (excludes halogenated alkanes) is 2. The summed E-state index contributed by atoms with van der Waals surface area (Å²) in [7, 11) is 0. The van der Waals surface area contributed by atoms with Gasteiger partial charge < -0.3 is 9.84 Å². The van der Waals surface area contributed by atoms with Crippen molar-refractivity contribution in [3.63, 3.8) is 0 Å². The van der Waals surface area contributed by atoms with Gasteiger partial charge in [-0.15, -0.1) is 0 Å². The molecule has 0 aliphatic carbocycles. The van der Waals surface area contributed by atoms with Gasteiger partial charge in [-0.25, -0.2) is 5.43 Å². The predicted molar refractivity (Wildman–Crippen MR) is 88.6 cm³/mol. The van der Waals surface area contributed by atoms with Gasteiger partial charge in [-0.1, -0.05) is 31.2 Å². The molecule has 1 aromatic rings. The van der Waals surface area contributed by atoms with Crippen molar-refractivity contribution >= 4 is 18.1 Å². The number of aliphatic carboxylic acids is 1. The topological polar surface area (TPSA) is 88.0 Å². The number of carboxylic acids is 1. The molecule has 0 aliphatic heterocycles. The van der Waals surface area contributed by atoms with Crippen LogP contribution in [0.15, 0.2) is 42.0 Å². The summed E-state index contributed by atoms with van der Waals surface area (Å²) < 4.78 is 5.48. The standard InChI is InChI=1S/C17H22N2O4/c1-2-12-23-15-9-7-6-8-14(15)13-18-19-16(20)10-4-3-5-11-17(21)22/h2,6-9,13H,1,3-5,10-12H2,(H,19,20)(H,21,22)/b18-13+. The fraction of sp³-hybridized carbons (Fsp3) is 0.353. The van der Waals surface area contributed by atoms with Gasteiger partial charge in [0, 0.05) is 18.4 Å². The molecule has 1 rings (SSSR count). The first-order chi connectivity index (χ1) is 11.1. The Balaban J connectivity index is 2.33. The van der Waals surface area contributed by atoms with Crippen LogP contribution in [0.5, 0.6) is 5.75 Å². The Morgan fingerprint density at radius 1 is 1.22 bits per heavy atom. The molecule has 6 nitrogen and oxygen atoms in total. The first-order valence-electron chi connectivity index (χ1n) is 7.50. The average molecular weight is 318 g/mol. The second kappa shape index (κ2) is 11.0. The second-order valence-electron chi connectivity index (χ2n) is 4.89. The predicted octanol–water partition coefficient (Wildman–Crippen LogP) is 2.74. The lowest BCUT2D eigenvalue weighted by atomic mass is 10.1. The Hall–Kier alpha value is -2.63. The first kappa shape index (κ1) is 18.4. The van der Waals surface area contributed by atoms with Crippen LogP contribution in [0.3, 0.4) is 0 Å². The third-order valence-corrected chi connectivity index (χ3v) is 2.96. The van der Waals surface area contributed by atoms with Crippen LogP contribution in [0.25, 0.3) is 0 Å². The highest BCUT2D eigenvalue weighted by molar-refractivity contribution is 5.85. The molecule has 0 atom stereocenters. The van der Waals surface area contributed by atoms with Crippen molar-refractivity contribution in [1.82, 2.24) is 5.43 Å². The first-order valence-corrected chi connectivity index (χ1v) is 7.50. The van der Waals surface area contributed by atoms with Crippen LogP contribution in [0.4, 0.5) is 0 Å². The van der Waals surface area contributed by atoms with Gasteiger partial charge in [-0.05, 0) is 25.0 Å². The van der Waals surface area contributed by atoms with E-state index in [9.17, 15) is 9.59 Å². The van der Waals surface area contributed by atoms with E-state index in [0.717, 1.165) is 5.56 Å². The van der Waals surface area contributed by atoms with Crippen molar-refractivity contribution in [3.05, 3.63) is 42.5 Å². The molecule has 0 spiro atoms. The maximum absolute atomic E-state index is 11.6. The zero-order valence-corrected chi connectivity index (χ0v) is 13.0. The molecule has 0 aromatic heterocycles. The maximum atomic E-state index is 11.6. The highest BCUT2D eigenvalue weighted by Gasteiger charge is 2.02. The molecular formula is C17H22N2O4. The number of para-hydroxylation sites is 1. The molecule has 2 N–H and O–H groups in total. The summed E-state index contributed by atoms with van der Waals surface area (Å²) in [4.78, 5) is 22.0. The number of carboxylic acid groups (broad SMARTS) is 1. The van der Waals surface area contributed by atoms with E-state index < -0.39 is 5.97 Å². The molecule has 0 fully saturated rings. The molecule has 124 valence electrons. The lowest BCUT2D eigenvalue weighted by molar-refractivity contribution is -0.137. The van der Waals surface area contributed by atoms with Crippen LogP contribution in [-0.4, -0.2) is 29.8 Å². The lowest BCUT2D eigenvalue weighted by Gasteiger charge is -2.06. The number of rotatable bonds is 11. The average Bonchev–Trinajstić information content (AvgIpc) is 2.53. The Labute approximate surface area is 135 Å². The number of hydrogen-bond donors (Lipinski definition) is 2. The van der Waals surface area contributed by atoms with Crippen LogP contribution in [0.1, 0.15) is 37.7 Å². The van der Waals surface area contributed by atoms with Crippen LogP contribution >= 0.6 is 0 Å². The molecule has 0 unspecified atom stereocenters. The van der Waals surface area contributed by atoms with Crippen LogP contribution in [0.2, 0.25) is 0 Å². The third-order valence-electron chi connectivity index (χ3n) is 2.96. The van der Waals surface area contributed by atoms with E-state index in [1.807, 2.05) is 24.3 Å². The van der Waals surface area contributed by atoms with Gasteiger partial charge in [0.1, 0.15) is 12.4 Å². The summed E-state index contributed by atoms with van der Waals surface area (Å²) in [5, 5.41) is 12.4. The second-order valence-corrected chi connectivity index (χ2v) is 4.89. The Bertz CT molecular complexity index is 555. The van der Waals surface area contributed by atoms with Crippen molar-refractivity contribution < 1.29 is 19.4 Å². The number of hydrogen-bond acceptors (Lipinski definition) is 4. The van der Waals surface area contributed by atoms with Crippen molar-refractivity contribution in [2.75, 3.05) is 6.61 Å². The van der Waals surface area contributed by atoms with E-state index in [1.54, 1.807) is 6.08 Å².